The highest BCUT2D eigenvalue weighted by Crippen LogP contribution is 2.15. The van der Waals surface area contributed by atoms with E-state index in [0.717, 1.165) is 11.3 Å². The van der Waals surface area contributed by atoms with Crippen LogP contribution in [0.2, 0.25) is 0 Å². The molecule has 2 heterocycles. The van der Waals surface area contributed by atoms with Crippen LogP contribution >= 0.6 is 11.3 Å². The summed E-state index contributed by atoms with van der Waals surface area (Å²) in [6.07, 6.45) is 1.42. The van der Waals surface area contributed by atoms with Gasteiger partial charge in [0.25, 0.3) is 5.91 Å². The molecule has 14 heavy (non-hydrogen) atoms. The van der Waals surface area contributed by atoms with Crippen molar-refractivity contribution < 1.29 is 9.59 Å². The molecule has 0 bridgehead atoms. The van der Waals surface area contributed by atoms with Crippen LogP contribution in [0.3, 0.4) is 0 Å². The molecule has 0 unspecified atom stereocenters. The average molecular weight is 209 g/mol. The number of piperidine rings is 1. The molecule has 1 aromatic rings. The second kappa shape index (κ2) is 3.92. The average Bonchev–Trinajstić information content (AvgIpc) is 2.69. The number of hydrogen-bond acceptors (Lipinski definition) is 3. The van der Waals surface area contributed by atoms with E-state index in [1.807, 2.05) is 11.4 Å². The molecular formula is C10H11NO2S. The first-order valence-corrected chi connectivity index (χ1v) is 5.50. The first kappa shape index (κ1) is 9.40. The van der Waals surface area contributed by atoms with Gasteiger partial charge in [0.05, 0.1) is 11.4 Å². The Morgan fingerprint density at radius 1 is 1.50 bits per heavy atom. The van der Waals surface area contributed by atoms with Gasteiger partial charge >= 0.3 is 0 Å². The topological polar surface area (TPSA) is 37.4 Å². The number of Topliss-reactive ketones (excluding diaryl/α,β-unsaturated/α-hetero) is 1. The van der Waals surface area contributed by atoms with Crippen molar-refractivity contribution in [3.8, 4) is 0 Å². The molecule has 74 valence electrons. The first-order chi connectivity index (χ1) is 6.77. The molecule has 1 amide bonds. The largest absolute Gasteiger partial charge is 0.331 e. The molecule has 4 heteroatoms. The van der Waals surface area contributed by atoms with Crippen molar-refractivity contribution in [2.24, 2.45) is 0 Å². The van der Waals surface area contributed by atoms with Gasteiger partial charge in [-0.2, -0.15) is 0 Å². The first-order valence-electron chi connectivity index (χ1n) is 4.62. The molecule has 2 rings (SSSR count). The van der Waals surface area contributed by atoms with Gasteiger partial charge in [0, 0.05) is 13.0 Å². The van der Waals surface area contributed by atoms with E-state index in [-0.39, 0.29) is 18.2 Å². The standard InChI is InChI=1S/C10H11NO2S/c12-8-3-1-5-11(7-8)10(13)9-4-2-6-14-9/h2,4,6H,1,3,5,7H2. The summed E-state index contributed by atoms with van der Waals surface area (Å²) >= 11 is 1.42. The Morgan fingerprint density at radius 3 is 3.00 bits per heavy atom. The number of amides is 1. The highest BCUT2D eigenvalue weighted by molar-refractivity contribution is 7.12. The monoisotopic (exact) mass is 209 g/mol. The summed E-state index contributed by atoms with van der Waals surface area (Å²) in [6, 6.07) is 3.65. The van der Waals surface area contributed by atoms with Crippen LogP contribution in [-0.4, -0.2) is 29.7 Å². The van der Waals surface area contributed by atoms with Gasteiger partial charge in [-0.3, -0.25) is 9.59 Å². The van der Waals surface area contributed by atoms with Crippen LogP contribution in [0.15, 0.2) is 17.5 Å². The molecule has 0 radical (unpaired) electrons. The van der Waals surface area contributed by atoms with Crippen LogP contribution in [0.25, 0.3) is 0 Å². The van der Waals surface area contributed by atoms with Crippen molar-refractivity contribution in [2.45, 2.75) is 12.8 Å². The summed E-state index contributed by atoms with van der Waals surface area (Å²) < 4.78 is 0. The van der Waals surface area contributed by atoms with Gasteiger partial charge in [-0.15, -0.1) is 11.3 Å². The second-order valence-corrected chi connectivity index (χ2v) is 4.29. The zero-order valence-corrected chi connectivity index (χ0v) is 8.55. The van der Waals surface area contributed by atoms with Crippen molar-refractivity contribution in [3.63, 3.8) is 0 Å². The van der Waals surface area contributed by atoms with E-state index < -0.39 is 0 Å². The van der Waals surface area contributed by atoms with Crippen molar-refractivity contribution in [1.82, 2.24) is 4.90 Å². The molecule has 0 atom stereocenters. The van der Waals surface area contributed by atoms with Crippen LogP contribution in [0, 0.1) is 0 Å². The molecule has 0 aromatic carbocycles. The Labute approximate surface area is 86.3 Å². The number of carbonyl (C=O) groups is 2. The molecule has 1 saturated heterocycles. The van der Waals surface area contributed by atoms with E-state index >= 15 is 0 Å². The zero-order chi connectivity index (χ0) is 9.97. The van der Waals surface area contributed by atoms with E-state index in [9.17, 15) is 9.59 Å². The maximum Gasteiger partial charge on any atom is 0.264 e. The Balaban J connectivity index is 2.08. The summed E-state index contributed by atoms with van der Waals surface area (Å²) in [7, 11) is 0. The van der Waals surface area contributed by atoms with Crippen LogP contribution < -0.4 is 0 Å². The van der Waals surface area contributed by atoms with Crippen LogP contribution in [0.5, 0.6) is 0 Å². The number of hydrogen-bond donors (Lipinski definition) is 0. The number of likely N-dealkylation sites (tertiary alicyclic amines) is 1. The number of thiophene rings is 1. The number of ketones is 1. The minimum Gasteiger partial charge on any atom is -0.331 e. The van der Waals surface area contributed by atoms with Gasteiger partial charge < -0.3 is 4.90 Å². The van der Waals surface area contributed by atoms with E-state index in [1.54, 1.807) is 11.0 Å². The maximum atomic E-state index is 11.8. The van der Waals surface area contributed by atoms with E-state index in [0.29, 0.717) is 13.0 Å². The van der Waals surface area contributed by atoms with Gasteiger partial charge in [-0.25, -0.2) is 0 Å². The second-order valence-electron chi connectivity index (χ2n) is 3.35. The normalized spacial score (nSPS) is 17.1. The summed E-state index contributed by atoms with van der Waals surface area (Å²) in [5, 5.41) is 1.87. The minimum absolute atomic E-state index is 0.00644. The SMILES string of the molecule is O=C1CCCN(C(=O)c2cccs2)C1. The lowest BCUT2D eigenvalue weighted by molar-refractivity contribution is -0.121. The Morgan fingerprint density at radius 2 is 2.36 bits per heavy atom. The summed E-state index contributed by atoms with van der Waals surface area (Å²) in [5.41, 5.74) is 0. The van der Waals surface area contributed by atoms with Gasteiger partial charge in [-0.05, 0) is 17.9 Å². The maximum absolute atomic E-state index is 11.8. The minimum atomic E-state index is -0.00644. The molecule has 3 nitrogen and oxygen atoms in total. The Bertz CT molecular complexity index is 345. The number of nitrogens with zero attached hydrogens (tertiary/aromatic N) is 1. The summed E-state index contributed by atoms with van der Waals surface area (Å²) in [4.78, 5) is 25.3. The number of rotatable bonds is 1. The molecule has 1 aliphatic heterocycles. The smallest absolute Gasteiger partial charge is 0.264 e. The predicted molar refractivity (Wildman–Crippen MR) is 54.5 cm³/mol. The van der Waals surface area contributed by atoms with E-state index in [2.05, 4.69) is 0 Å². The lowest BCUT2D eigenvalue weighted by Crippen LogP contribution is -2.39. The molecular weight excluding hydrogens is 198 g/mol. The van der Waals surface area contributed by atoms with Crippen LogP contribution in [0.1, 0.15) is 22.5 Å². The third-order valence-corrected chi connectivity index (χ3v) is 3.13. The third-order valence-electron chi connectivity index (χ3n) is 2.27. The van der Waals surface area contributed by atoms with Gasteiger partial charge in [0.15, 0.2) is 5.78 Å². The summed E-state index contributed by atoms with van der Waals surface area (Å²) in [6.45, 7) is 0.999. The Kier molecular flexibility index (Phi) is 2.63. The molecule has 1 aromatic heterocycles. The molecule has 1 fully saturated rings. The fraction of sp³-hybridized carbons (Fsp3) is 0.400. The Hall–Kier alpha value is -1.16. The van der Waals surface area contributed by atoms with Crippen molar-refractivity contribution in [2.75, 3.05) is 13.1 Å². The van der Waals surface area contributed by atoms with E-state index in [1.165, 1.54) is 11.3 Å². The quantitative estimate of drug-likeness (QED) is 0.703. The third kappa shape index (κ3) is 1.85. The fourth-order valence-corrected chi connectivity index (χ4v) is 2.26. The molecule has 0 saturated carbocycles. The van der Waals surface area contributed by atoms with Crippen LogP contribution in [-0.2, 0) is 4.79 Å². The highest BCUT2D eigenvalue weighted by Gasteiger charge is 2.22. The molecule has 0 N–H and O–H groups in total. The lowest BCUT2D eigenvalue weighted by atomic mass is 10.1. The fourth-order valence-electron chi connectivity index (χ4n) is 1.57. The molecule has 1 aliphatic rings. The number of carbonyl (C=O) groups excluding carboxylic acids is 2. The lowest BCUT2D eigenvalue weighted by Gasteiger charge is -2.25. The molecule has 0 aliphatic carbocycles. The van der Waals surface area contributed by atoms with Gasteiger partial charge in [0.1, 0.15) is 0 Å². The van der Waals surface area contributed by atoms with Gasteiger partial charge in [-0.1, -0.05) is 6.07 Å². The van der Waals surface area contributed by atoms with E-state index in [4.69, 9.17) is 0 Å². The van der Waals surface area contributed by atoms with Crippen molar-refractivity contribution in [1.29, 1.82) is 0 Å². The van der Waals surface area contributed by atoms with Crippen molar-refractivity contribution in [3.05, 3.63) is 22.4 Å². The predicted octanol–water partition coefficient (Wildman–Crippen LogP) is 1.55. The van der Waals surface area contributed by atoms with Crippen LogP contribution in [0.4, 0.5) is 0 Å². The summed E-state index contributed by atoms with van der Waals surface area (Å²) in [5.74, 6) is 0.161. The highest BCUT2D eigenvalue weighted by atomic mass is 32.1. The van der Waals surface area contributed by atoms with Crippen molar-refractivity contribution >= 4 is 23.0 Å². The zero-order valence-electron chi connectivity index (χ0n) is 7.73. The van der Waals surface area contributed by atoms with Gasteiger partial charge in [0.2, 0.25) is 0 Å². The molecule has 0 spiro atoms.